The highest BCUT2D eigenvalue weighted by molar-refractivity contribution is 6.42. The van der Waals surface area contributed by atoms with Crippen LogP contribution in [0.3, 0.4) is 0 Å². The van der Waals surface area contributed by atoms with Gasteiger partial charge in [0.1, 0.15) is 5.15 Å². The molecule has 0 radical (unpaired) electrons. The molecule has 0 fully saturated rings. The van der Waals surface area contributed by atoms with Crippen molar-refractivity contribution >= 4 is 46.8 Å². The number of benzene rings is 2. The quantitative estimate of drug-likeness (QED) is 0.336. The summed E-state index contributed by atoms with van der Waals surface area (Å²) in [6, 6.07) is 19.7. The van der Waals surface area contributed by atoms with Crippen LogP contribution in [0, 0.1) is 0 Å². The van der Waals surface area contributed by atoms with Crippen molar-refractivity contribution in [3.05, 3.63) is 81.4 Å². The Morgan fingerprint density at radius 2 is 1.50 bits per heavy atom. The Balaban J connectivity index is 1.70. The van der Waals surface area contributed by atoms with E-state index in [1.54, 1.807) is 6.21 Å². The molecule has 24 heavy (non-hydrogen) atoms. The highest BCUT2D eigenvalue weighted by Gasteiger charge is 2.06. The molecule has 0 bridgehead atoms. The highest BCUT2D eigenvalue weighted by Crippen LogP contribution is 2.28. The number of hydrogen-bond donors (Lipinski definition) is 1. The predicted molar refractivity (Wildman–Crippen MR) is 102 cm³/mol. The number of hydrogen-bond acceptors (Lipinski definition) is 3. The molecular weight excluding hydrogens is 365 g/mol. The average Bonchev–Trinajstić information content (AvgIpc) is 2.61. The predicted octanol–water partition coefficient (Wildman–Crippen LogP) is 6.15. The van der Waals surface area contributed by atoms with E-state index < -0.39 is 0 Å². The molecule has 0 spiro atoms. The van der Waals surface area contributed by atoms with Crippen molar-refractivity contribution in [3.63, 3.8) is 0 Å². The lowest BCUT2D eigenvalue weighted by Gasteiger charge is -2.04. The van der Waals surface area contributed by atoms with Crippen LogP contribution in [-0.4, -0.2) is 11.2 Å². The fraction of sp³-hybridized carbons (Fsp3) is 0. The number of hydrazone groups is 1. The van der Waals surface area contributed by atoms with Gasteiger partial charge in [0.25, 0.3) is 0 Å². The summed E-state index contributed by atoms with van der Waals surface area (Å²) in [5.74, 6) is 0.350. The zero-order valence-electron chi connectivity index (χ0n) is 12.4. The van der Waals surface area contributed by atoms with Crippen molar-refractivity contribution < 1.29 is 0 Å². The normalized spacial score (nSPS) is 11.0. The lowest BCUT2D eigenvalue weighted by Crippen LogP contribution is -1.95. The summed E-state index contributed by atoms with van der Waals surface area (Å²) in [6.45, 7) is 0. The average molecular weight is 377 g/mol. The number of nitrogens with one attached hydrogen (secondary N) is 1. The Labute approximate surface area is 154 Å². The molecule has 0 aliphatic rings. The number of halogens is 3. The van der Waals surface area contributed by atoms with Crippen LogP contribution >= 0.6 is 34.8 Å². The lowest BCUT2D eigenvalue weighted by molar-refractivity contribution is 1.23. The van der Waals surface area contributed by atoms with Gasteiger partial charge < -0.3 is 0 Å². The first kappa shape index (κ1) is 16.8. The number of nitrogens with zero attached hydrogens (tertiary/aromatic N) is 2. The highest BCUT2D eigenvalue weighted by atomic mass is 35.5. The van der Waals surface area contributed by atoms with Gasteiger partial charge in [-0.3, -0.25) is 5.43 Å². The van der Waals surface area contributed by atoms with Crippen LogP contribution in [0.1, 0.15) is 5.56 Å². The first-order chi connectivity index (χ1) is 11.6. The number of aromatic nitrogens is 1. The minimum Gasteiger partial charge on any atom is -0.260 e. The third kappa shape index (κ3) is 4.06. The molecule has 1 N–H and O–H groups in total. The Morgan fingerprint density at radius 3 is 2.21 bits per heavy atom. The third-order valence-corrected chi connectivity index (χ3v) is 4.25. The van der Waals surface area contributed by atoms with Crippen molar-refractivity contribution in [2.24, 2.45) is 5.10 Å². The number of pyridine rings is 1. The van der Waals surface area contributed by atoms with Gasteiger partial charge in [0.05, 0.1) is 16.3 Å². The summed E-state index contributed by atoms with van der Waals surface area (Å²) in [5, 5.41) is 4.94. The van der Waals surface area contributed by atoms with Crippen molar-refractivity contribution in [1.82, 2.24) is 4.98 Å². The molecular formula is C18H12Cl3N3. The van der Waals surface area contributed by atoms with Crippen LogP contribution in [0.2, 0.25) is 15.2 Å². The van der Waals surface area contributed by atoms with E-state index in [9.17, 15) is 0 Å². The van der Waals surface area contributed by atoms with Gasteiger partial charge in [0.2, 0.25) is 0 Å². The van der Waals surface area contributed by atoms with E-state index in [-0.39, 0.29) is 5.15 Å². The largest absolute Gasteiger partial charge is 0.260 e. The van der Waals surface area contributed by atoms with Crippen LogP contribution in [-0.2, 0) is 0 Å². The minimum absolute atomic E-state index is 0.172. The summed E-state index contributed by atoms with van der Waals surface area (Å²) in [7, 11) is 0. The second-order valence-electron chi connectivity index (χ2n) is 4.95. The molecule has 0 atom stereocenters. The maximum atomic E-state index is 6.03. The van der Waals surface area contributed by atoms with Crippen LogP contribution in [0.5, 0.6) is 0 Å². The van der Waals surface area contributed by atoms with Crippen molar-refractivity contribution in [1.29, 1.82) is 0 Å². The van der Waals surface area contributed by atoms with Gasteiger partial charge in [-0.25, -0.2) is 4.98 Å². The lowest BCUT2D eigenvalue weighted by atomic mass is 10.0. The molecule has 0 unspecified atom stereocenters. The van der Waals surface area contributed by atoms with Crippen molar-refractivity contribution in [2.75, 3.05) is 5.43 Å². The Hall–Kier alpha value is -2.07. The summed E-state index contributed by atoms with van der Waals surface area (Å²) in [5.41, 5.74) is 6.02. The van der Waals surface area contributed by atoms with E-state index in [1.807, 2.05) is 42.5 Å². The van der Waals surface area contributed by atoms with Crippen molar-refractivity contribution in [2.45, 2.75) is 0 Å². The second kappa shape index (κ2) is 7.67. The van der Waals surface area contributed by atoms with E-state index in [0.717, 1.165) is 11.1 Å². The summed E-state index contributed by atoms with van der Waals surface area (Å²) < 4.78 is 0. The van der Waals surface area contributed by atoms with E-state index in [0.29, 0.717) is 15.9 Å². The summed E-state index contributed by atoms with van der Waals surface area (Å²) in [4.78, 5) is 4.03. The number of rotatable bonds is 4. The van der Waals surface area contributed by atoms with Gasteiger partial charge in [-0.05, 0) is 22.8 Å². The smallest absolute Gasteiger partial charge is 0.166 e. The number of anilines is 1. The molecule has 3 rings (SSSR count). The molecule has 6 heteroatoms. The molecule has 0 saturated heterocycles. The molecule has 3 aromatic rings. The van der Waals surface area contributed by atoms with Gasteiger partial charge in [0, 0.05) is 0 Å². The van der Waals surface area contributed by atoms with Gasteiger partial charge in [-0.1, -0.05) is 89.4 Å². The van der Waals surface area contributed by atoms with Gasteiger partial charge >= 0.3 is 0 Å². The molecule has 120 valence electrons. The SMILES string of the molecule is Clc1cc(Cl)c(N/N=C\c2ccc(-c3ccccc3)cc2)nc1Cl. The molecule has 0 aliphatic carbocycles. The fourth-order valence-corrected chi connectivity index (χ4v) is 2.62. The molecule has 2 aromatic carbocycles. The molecule has 1 heterocycles. The van der Waals surface area contributed by atoms with E-state index in [1.165, 1.54) is 11.6 Å². The molecule has 1 aromatic heterocycles. The monoisotopic (exact) mass is 375 g/mol. The maximum Gasteiger partial charge on any atom is 0.166 e. The van der Waals surface area contributed by atoms with E-state index >= 15 is 0 Å². The van der Waals surface area contributed by atoms with Gasteiger partial charge in [-0.2, -0.15) is 5.10 Å². The Kier molecular flexibility index (Phi) is 5.36. The van der Waals surface area contributed by atoms with Crippen molar-refractivity contribution in [3.8, 4) is 11.1 Å². The Morgan fingerprint density at radius 1 is 0.833 bits per heavy atom. The van der Waals surface area contributed by atoms with E-state index in [2.05, 4.69) is 27.6 Å². The molecule has 0 aliphatic heterocycles. The van der Waals surface area contributed by atoms with E-state index in [4.69, 9.17) is 34.8 Å². The maximum absolute atomic E-state index is 6.03. The first-order valence-corrected chi connectivity index (χ1v) is 8.23. The summed E-state index contributed by atoms with van der Waals surface area (Å²) >= 11 is 17.7. The van der Waals surface area contributed by atoms with Crippen LogP contribution in [0.4, 0.5) is 5.82 Å². The Bertz CT molecular complexity index is 863. The van der Waals surface area contributed by atoms with Gasteiger partial charge in [0.15, 0.2) is 5.82 Å². The van der Waals surface area contributed by atoms with Crippen LogP contribution < -0.4 is 5.43 Å². The van der Waals surface area contributed by atoms with Gasteiger partial charge in [-0.15, -0.1) is 0 Å². The summed E-state index contributed by atoms with van der Waals surface area (Å²) in [6.07, 6.45) is 1.68. The second-order valence-corrected chi connectivity index (χ2v) is 6.12. The van der Waals surface area contributed by atoms with Crippen LogP contribution in [0.15, 0.2) is 65.8 Å². The zero-order chi connectivity index (χ0) is 16.9. The first-order valence-electron chi connectivity index (χ1n) is 7.09. The zero-order valence-corrected chi connectivity index (χ0v) is 14.6. The standard InChI is InChI=1S/C18H12Cl3N3/c19-15-10-16(20)18(23-17(15)21)24-22-11-12-6-8-14(9-7-12)13-4-2-1-3-5-13/h1-11H,(H,23,24)/b22-11-. The molecule has 0 amide bonds. The topological polar surface area (TPSA) is 37.3 Å². The third-order valence-electron chi connectivity index (χ3n) is 3.29. The fourth-order valence-electron chi connectivity index (χ4n) is 2.08. The molecule has 3 nitrogen and oxygen atoms in total. The molecule has 0 saturated carbocycles. The minimum atomic E-state index is 0.172. The van der Waals surface area contributed by atoms with Crippen LogP contribution in [0.25, 0.3) is 11.1 Å².